The molecule has 33 heavy (non-hydrogen) atoms. The van der Waals surface area contributed by atoms with Crippen molar-refractivity contribution < 1.29 is 13.2 Å². The van der Waals surface area contributed by atoms with E-state index in [0.29, 0.717) is 5.56 Å². The standard InChI is InChI=1S/C13H14N2O2S.C10H10N4O/c1-10-4-2-3-5-13(10)15-11-6-8-12(9-7-11)18(14,16)17;1-7-4-2-3-5-8(7)9(15)14-10(11)12-6-13-14/h2-9,15H,1H3,(H2,14,16,17);2-6H,1H3,(H2,11,12,13). The van der Waals surface area contributed by atoms with Gasteiger partial charge < -0.3 is 11.1 Å². The Morgan fingerprint density at radius 2 is 1.52 bits per heavy atom. The predicted octanol–water partition coefficient (Wildman–Crippen LogP) is 3.24. The lowest BCUT2D eigenvalue weighted by atomic mass is 10.1. The Labute approximate surface area is 192 Å². The van der Waals surface area contributed by atoms with Crippen molar-refractivity contribution in [2.75, 3.05) is 11.1 Å². The quantitative estimate of drug-likeness (QED) is 0.420. The first-order valence-corrected chi connectivity index (χ1v) is 11.4. The van der Waals surface area contributed by atoms with Crippen molar-refractivity contribution in [1.29, 1.82) is 0 Å². The van der Waals surface area contributed by atoms with Gasteiger partial charge in [0.05, 0.1) is 4.90 Å². The molecule has 3 aromatic carbocycles. The zero-order valence-electron chi connectivity index (χ0n) is 18.1. The number of aromatic nitrogens is 3. The summed E-state index contributed by atoms with van der Waals surface area (Å²) in [5, 5.41) is 12.0. The Bertz CT molecular complexity index is 1360. The molecule has 0 aliphatic carbocycles. The lowest BCUT2D eigenvalue weighted by molar-refractivity contribution is 0.0947. The van der Waals surface area contributed by atoms with E-state index in [9.17, 15) is 13.2 Å². The molecule has 10 heteroatoms. The second-order valence-electron chi connectivity index (χ2n) is 7.16. The molecule has 1 aromatic heterocycles. The lowest BCUT2D eigenvalue weighted by Gasteiger charge is -2.09. The first-order chi connectivity index (χ1) is 15.7. The van der Waals surface area contributed by atoms with Gasteiger partial charge in [-0.15, -0.1) is 0 Å². The zero-order chi connectivity index (χ0) is 24.0. The molecule has 0 bridgehead atoms. The number of primary sulfonamides is 1. The van der Waals surface area contributed by atoms with Gasteiger partial charge in [0, 0.05) is 16.9 Å². The van der Waals surface area contributed by atoms with E-state index in [1.165, 1.54) is 18.5 Å². The molecule has 0 amide bonds. The molecule has 0 fully saturated rings. The zero-order valence-corrected chi connectivity index (χ0v) is 19.0. The summed E-state index contributed by atoms with van der Waals surface area (Å²) >= 11 is 0. The Morgan fingerprint density at radius 1 is 0.909 bits per heavy atom. The van der Waals surface area contributed by atoms with Crippen molar-refractivity contribution in [1.82, 2.24) is 14.8 Å². The first-order valence-electron chi connectivity index (χ1n) is 9.88. The average Bonchev–Trinajstić information content (AvgIpc) is 3.21. The molecular formula is C23H24N6O3S. The molecule has 0 aliphatic heterocycles. The Hall–Kier alpha value is -4.02. The number of nitrogens with one attached hydrogen (secondary N) is 1. The number of carbonyl (C=O) groups excluding carboxylic acids is 1. The number of rotatable bonds is 4. The van der Waals surface area contributed by atoms with Gasteiger partial charge in [-0.1, -0.05) is 36.4 Å². The van der Waals surface area contributed by atoms with Gasteiger partial charge in [0.1, 0.15) is 6.33 Å². The highest BCUT2D eigenvalue weighted by Gasteiger charge is 2.14. The van der Waals surface area contributed by atoms with Crippen LogP contribution >= 0.6 is 0 Å². The van der Waals surface area contributed by atoms with Gasteiger partial charge in [-0.25, -0.2) is 13.6 Å². The largest absolute Gasteiger partial charge is 0.368 e. The normalized spacial score (nSPS) is 10.8. The molecule has 0 saturated heterocycles. The highest BCUT2D eigenvalue weighted by Crippen LogP contribution is 2.21. The molecule has 0 aliphatic rings. The van der Waals surface area contributed by atoms with Gasteiger partial charge in [0.15, 0.2) is 0 Å². The molecule has 4 aromatic rings. The molecule has 170 valence electrons. The maximum Gasteiger partial charge on any atom is 0.281 e. The van der Waals surface area contributed by atoms with E-state index >= 15 is 0 Å². The minimum atomic E-state index is -3.63. The maximum atomic E-state index is 11.9. The third-order valence-electron chi connectivity index (χ3n) is 4.75. The molecule has 0 saturated carbocycles. The summed E-state index contributed by atoms with van der Waals surface area (Å²) in [5.41, 5.74) is 9.88. The fourth-order valence-corrected chi connectivity index (χ4v) is 3.45. The topological polar surface area (TPSA) is 146 Å². The monoisotopic (exact) mass is 464 g/mol. The molecule has 0 spiro atoms. The van der Waals surface area contributed by atoms with Crippen molar-refractivity contribution in [3.8, 4) is 0 Å². The van der Waals surface area contributed by atoms with Gasteiger partial charge in [0.25, 0.3) is 5.91 Å². The van der Waals surface area contributed by atoms with E-state index in [-0.39, 0.29) is 16.8 Å². The van der Waals surface area contributed by atoms with Crippen molar-refractivity contribution in [2.45, 2.75) is 18.7 Å². The second-order valence-corrected chi connectivity index (χ2v) is 8.72. The van der Waals surface area contributed by atoms with Crippen LogP contribution in [0.1, 0.15) is 21.5 Å². The Kier molecular flexibility index (Phi) is 7.21. The van der Waals surface area contributed by atoms with Crippen LogP contribution in [0.2, 0.25) is 0 Å². The highest BCUT2D eigenvalue weighted by molar-refractivity contribution is 7.89. The molecule has 0 unspecified atom stereocenters. The van der Waals surface area contributed by atoms with E-state index in [2.05, 4.69) is 15.4 Å². The van der Waals surface area contributed by atoms with E-state index in [1.807, 2.05) is 50.2 Å². The number of para-hydroxylation sites is 1. The van der Waals surface area contributed by atoms with E-state index < -0.39 is 10.0 Å². The molecule has 5 N–H and O–H groups in total. The number of nitrogens with two attached hydrogens (primary N) is 2. The van der Waals surface area contributed by atoms with Gasteiger partial charge >= 0.3 is 0 Å². The fourth-order valence-electron chi connectivity index (χ4n) is 2.93. The van der Waals surface area contributed by atoms with Crippen LogP contribution in [0.3, 0.4) is 0 Å². The Morgan fingerprint density at radius 3 is 2.06 bits per heavy atom. The van der Waals surface area contributed by atoms with Crippen LogP contribution < -0.4 is 16.2 Å². The second kappa shape index (κ2) is 10.1. The molecular weight excluding hydrogens is 440 g/mol. The number of sulfonamides is 1. The van der Waals surface area contributed by atoms with Crippen LogP contribution in [-0.4, -0.2) is 29.1 Å². The first kappa shape index (κ1) is 23.6. The van der Waals surface area contributed by atoms with Crippen molar-refractivity contribution in [3.63, 3.8) is 0 Å². The molecule has 1 heterocycles. The SMILES string of the molecule is Cc1ccccc1C(=O)n1ncnc1N.Cc1ccccc1Nc1ccc(S(N)(=O)=O)cc1. The third-order valence-corrected chi connectivity index (χ3v) is 5.68. The van der Waals surface area contributed by atoms with Gasteiger partial charge in [0.2, 0.25) is 16.0 Å². The van der Waals surface area contributed by atoms with E-state index in [4.69, 9.17) is 10.9 Å². The number of nitrogen functional groups attached to an aromatic ring is 1. The molecule has 9 nitrogen and oxygen atoms in total. The summed E-state index contributed by atoms with van der Waals surface area (Å²) in [6, 6.07) is 21.5. The van der Waals surface area contributed by atoms with Crippen LogP contribution in [0.4, 0.5) is 17.3 Å². The number of benzene rings is 3. The molecule has 0 radical (unpaired) electrons. The summed E-state index contributed by atoms with van der Waals surface area (Å²) < 4.78 is 23.3. The minimum Gasteiger partial charge on any atom is -0.368 e. The van der Waals surface area contributed by atoms with Crippen molar-refractivity contribution in [2.24, 2.45) is 5.14 Å². The van der Waals surface area contributed by atoms with Gasteiger partial charge in [-0.3, -0.25) is 4.79 Å². The predicted molar refractivity (Wildman–Crippen MR) is 128 cm³/mol. The van der Waals surface area contributed by atoms with Crippen LogP contribution in [0.5, 0.6) is 0 Å². The van der Waals surface area contributed by atoms with E-state index in [0.717, 1.165) is 27.2 Å². The van der Waals surface area contributed by atoms with Crippen molar-refractivity contribution in [3.05, 3.63) is 95.8 Å². The number of hydrogen-bond acceptors (Lipinski definition) is 7. The minimum absolute atomic E-state index is 0.100. The number of aryl methyl sites for hydroxylation is 2. The Balaban J connectivity index is 0.000000189. The van der Waals surface area contributed by atoms with Crippen LogP contribution in [0.15, 0.2) is 84.0 Å². The number of hydrogen-bond donors (Lipinski definition) is 3. The smallest absolute Gasteiger partial charge is 0.281 e. The van der Waals surface area contributed by atoms with Gasteiger partial charge in [-0.2, -0.15) is 14.8 Å². The number of anilines is 3. The molecule has 0 atom stereocenters. The van der Waals surface area contributed by atoms with E-state index in [1.54, 1.807) is 24.3 Å². The summed E-state index contributed by atoms with van der Waals surface area (Å²) in [6.45, 7) is 3.86. The average molecular weight is 465 g/mol. The summed E-state index contributed by atoms with van der Waals surface area (Å²) in [5.74, 6) is -0.161. The maximum absolute atomic E-state index is 11.9. The third kappa shape index (κ3) is 6.03. The fraction of sp³-hybridized carbons (Fsp3) is 0.0870. The summed E-state index contributed by atoms with van der Waals surface area (Å²) in [6.07, 6.45) is 1.26. The lowest BCUT2D eigenvalue weighted by Crippen LogP contribution is -2.17. The number of carbonyl (C=O) groups is 1. The summed E-state index contributed by atoms with van der Waals surface area (Å²) in [4.78, 5) is 15.7. The highest BCUT2D eigenvalue weighted by atomic mass is 32.2. The molecule has 4 rings (SSSR count). The van der Waals surface area contributed by atoms with Crippen molar-refractivity contribution >= 4 is 33.3 Å². The van der Waals surface area contributed by atoms with Crippen LogP contribution in [0.25, 0.3) is 0 Å². The number of nitrogens with zero attached hydrogens (tertiary/aromatic N) is 3. The van der Waals surface area contributed by atoms with Crippen LogP contribution in [-0.2, 0) is 10.0 Å². The van der Waals surface area contributed by atoms with Crippen LogP contribution in [0, 0.1) is 13.8 Å². The summed E-state index contributed by atoms with van der Waals surface area (Å²) in [7, 11) is -3.63. The van der Waals surface area contributed by atoms with Gasteiger partial charge in [-0.05, 0) is 61.4 Å².